The predicted molar refractivity (Wildman–Crippen MR) is 118 cm³/mol. The summed E-state index contributed by atoms with van der Waals surface area (Å²) in [5.74, 6) is 2.29. The van der Waals surface area contributed by atoms with Crippen LogP contribution in [0.1, 0.15) is 31.4 Å². The van der Waals surface area contributed by atoms with Crippen molar-refractivity contribution in [2.24, 2.45) is 0 Å². The molecule has 0 spiro atoms. The Morgan fingerprint density at radius 1 is 1.00 bits per heavy atom. The second kappa shape index (κ2) is 9.15. The Balaban J connectivity index is 1.33. The second-order valence-corrected chi connectivity index (χ2v) is 9.58. The van der Waals surface area contributed by atoms with Crippen LogP contribution < -0.4 is 28.6 Å². The minimum atomic E-state index is -3.53. The lowest BCUT2D eigenvalue weighted by atomic mass is 10.1. The van der Waals surface area contributed by atoms with Gasteiger partial charge in [0.15, 0.2) is 23.0 Å². The van der Waals surface area contributed by atoms with Crippen LogP contribution in [0.15, 0.2) is 36.4 Å². The number of fused-ring (bicyclic) bond motifs is 2. The fourth-order valence-electron chi connectivity index (χ4n) is 3.64. The number of sulfonamides is 1. The largest absolute Gasteiger partial charge is 0.486 e. The van der Waals surface area contributed by atoms with Gasteiger partial charge in [0, 0.05) is 19.0 Å². The highest BCUT2D eigenvalue weighted by Gasteiger charge is 2.22. The number of carbonyl (C=O) groups is 1. The van der Waals surface area contributed by atoms with Crippen LogP contribution in [-0.4, -0.2) is 47.1 Å². The number of amides is 1. The van der Waals surface area contributed by atoms with Gasteiger partial charge in [-0.15, -0.1) is 0 Å². The molecule has 2 aromatic rings. The fraction of sp³-hybridized carbons (Fsp3) is 0.409. The lowest BCUT2D eigenvalue weighted by Gasteiger charge is -2.23. The summed E-state index contributed by atoms with van der Waals surface area (Å²) in [6.07, 6.45) is 1.69. The summed E-state index contributed by atoms with van der Waals surface area (Å²) in [5, 5.41) is 2.95. The zero-order valence-electron chi connectivity index (χ0n) is 18.0. The second-order valence-electron chi connectivity index (χ2n) is 7.67. The third kappa shape index (κ3) is 5.01. The third-order valence-corrected chi connectivity index (χ3v) is 6.45. The van der Waals surface area contributed by atoms with E-state index in [1.54, 1.807) is 18.2 Å². The Bertz CT molecular complexity index is 1100. The van der Waals surface area contributed by atoms with Crippen molar-refractivity contribution in [1.29, 1.82) is 0 Å². The Kier molecular flexibility index (Phi) is 6.31. The van der Waals surface area contributed by atoms with Gasteiger partial charge in [-0.3, -0.25) is 9.10 Å². The maximum atomic E-state index is 12.5. The minimum Gasteiger partial charge on any atom is -0.486 e. The topological polar surface area (TPSA) is 103 Å². The quantitative estimate of drug-likeness (QED) is 0.643. The zero-order chi connectivity index (χ0) is 22.7. The lowest BCUT2D eigenvalue weighted by molar-refractivity contribution is -0.121. The molecule has 2 aliphatic rings. The van der Waals surface area contributed by atoms with E-state index in [1.165, 1.54) is 4.31 Å². The van der Waals surface area contributed by atoms with Gasteiger partial charge in [-0.2, -0.15) is 0 Å². The Labute approximate surface area is 187 Å². The van der Waals surface area contributed by atoms with Gasteiger partial charge in [0.25, 0.3) is 0 Å². The van der Waals surface area contributed by atoms with E-state index in [4.69, 9.17) is 18.9 Å². The third-order valence-electron chi connectivity index (χ3n) is 5.25. The molecule has 10 heteroatoms. The number of nitrogens with zero attached hydrogens (tertiary/aromatic N) is 1. The summed E-state index contributed by atoms with van der Waals surface area (Å²) in [6.45, 7) is 3.19. The molecular weight excluding hydrogens is 436 g/mol. The predicted octanol–water partition coefficient (Wildman–Crippen LogP) is 2.61. The highest BCUT2D eigenvalue weighted by Crippen LogP contribution is 2.36. The lowest BCUT2D eigenvalue weighted by Crippen LogP contribution is -2.32. The van der Waals surface area contributed by atoms with Gasteiger partial charge in [-0.05, 0) is 43.2 Å². The van der Waals surface area contributed by atoms with Crippen molar-refractivity contribution in [3.8, 4) is 23.0 Å². The van der Waals surface area contributed by atoms with Crippen molar-refractivity contribution in [2.75, 3.05) is 37.1 Å². The number of rotatable bonds is 8. The number of anilines is 1. The van der Waals surface area contributed by atoms with Gasteiger partial charge in [0.1, 0.15) is 13.2 Å². The van der Waals surface area contributed by atoms with Gasteiger partial charge in [0.2, 0.25) is 22.7 Å². The molecule has 1 amide bonds. The molecule has 32 heavy (non-hydrogen) atoms. The van der Waals surface area contributed by atoms with E-state index >= 15 is 0 Å². The first-order valence-electron chi connectivity index (χ1n) is 10.4. The van der Waals surface area contributed by atoms with Gasteiger partial charge in [-0.1, -0.05) is 6.07 Å². The van der Waals surface area contributed by atoms with E-state index in [0.717, 1.165) is 11.8 Å². The van der Waals surface area contributed by atoms with Crippen LogP contribution >= 0.6 is 0 Å². The number of hydrogen-bond acceptors (Lipinski definition) is 7. The van der Waals surface area contributed by atoms with Crippen molar-refractivity contribution < 1.29 is 32.2 Å². The highest BCUT2D eigenvalue weighted by atomic mass is 32.2. The van der Waals surface area contributed by atoms with Crippen LogP contribution in [0.2, 0.25) is 0 Å². The normalized spacial score (nSPS) is 15.2. The minimum absolute atomic E-state index is 0.111. The fourth-order valence-corrected chi connectivity index (χ4v) is 4.59. The molecule has 0 aromatic heterocycles. The monoisotopic (exact) mass is 462 g/mol. The molecular formula is C22H26N2O7S. The Morgan fingerprint density at radius 3 is 2.44 bits per heavy atom. The van der Waals surface area contributed by atoms with Crippen LogP contribution in [0.4, 0.5) is 5.69 Å². The molecule has 1 atom stereocenters. The van der Waals surface area contributed by atoms with Crippen LogP contribution in [0.5, 0.6) is 23.0 Å². The average Bonchev–Trinajstić information content (AvgIpc) is 3.23. The molecule has 2 heterocycles. The molecule has 2 aromatic carbocycles. The van der Waals surface area contributed by atoms with E-state index in [2.05, 4.69) is 5.32 Å². The summed E-state index contributed by atoms with van der Waals surface area (Å²) in [5.41, 5.74) is 1.38. The van der Waals surface area contributed by atoms with Crippen molar-refractivity contribution in [1.82, 2.24) is 5.32 Å². The van der Waals surface area contributed by atoms with Crippen molar-refractivity contribution in [3.63, 3.8) is 0 Å². The van der Waals surface area contributed by atoms with E-state index in [0.29, 0.717) is 48.3 Å². The maximum absolute atomic E-state index is 12.5. The van der Waals surface area contributed by atoms with Gasteiger partial charge < -0.3 is 24.3 Å². The van der Waals surface area contributed by atoms with Crippen molar-refractivity contribution >= 4 is 21.6 Å². The SMILES string of the molecule is C[C@@H](NC(=O)CCCN(c1ccc2c(c1)OCO2)S(C)(=O)=O)c1ccc2c(c1)OCCO2. The van der Waals surface area contributed by atoms with Crippen LogP contribution in [0, 0.1) is 0 Å². The Morgan fingerprint density at radius 2 is 1.66 bits per heavy atom. The first kappa shape index (κ1) is 22.1. The smallest absolute Gasteiger partial charge is 0.232 e. The molecule has 0 fully saturated rings. The average molecular weight is 463 g/mol. The summed E-state index contributed by atoms with van der Waals surface area (Å²) in [6, 6.07) is 10.3. The number of nitrogens with one attached hydrogen (secondary N) is 1. The molecule has 4 rings (SSSR count). The van der Waals surface area contributed by atoms with E-state index in [9.17, 15) is 13.2 Å². The number of carbonyl (C=O) groups excluding carboxylic acids is 1. The van der Waals surface area contributed by atoms with Gasteiger partial charge in [0.05, 0.1) is 18.0 Å². The molecule has 9 nitrogen and oxygen atoms in total. The molecule has 2 aliphatic heterocycles. The highest BCUT2D eigenvalue weighted by molar-refractivity contribution is 7.92. The standard InChI is InChI=1S/C22H26N2O7S/c1-15(16-5-7-18-20(12-16)29-11-10-28-18)23-22(25)4-3-9-24(32(2,26)27)17-6-8-19-21(13-17)31-14-30-19/h5-8,12-13,15H,3-4,9-11,14H2,1-2H3,(H,23,25)/t15-/m1/s1. The maximum Gasteiger partial charge on any atom is 0.232 e. The molecule has 172 valence electrons. The Hall–Kier alpha value is -3.14. The van der Waals surface area contributed by atoms with E-state index < -0.39 is 10.0 Å². The molecule has 0 saturated carbocycles. The molecule has 1 N–H and O–H groups in total. The molecule has 0 aliphatic carbocycles. The number of benzene rings is 2. The van der Waals surface area contributed by atoms with Crippen LogP contribution in [0.3, 0.4) is 0 Å². The van der Waals surface area contributed by atoms with E-state index in [-0.39, 0.29) is 31.7 Å². The summed E-state index contributed by atoms with van der Waals surface area (Å²) in [7, 11) is -3.53. The molecule has 0 radical (unpaired) electrons. The first-order valence-corrected chi connectivity index (χ1v) is 12.2. The van der Waals surface area contributed by atoms with Crippen LogP contribution in [0.25, 0.3) is 0 Å². The molecule has 0 bridgehead atoms. The summed E-state index contributed by atoms with van der Waals surface area (Å²) in [4.78, 5) is 12.5. The van der Waals surface area contributed by atoms with Crippen molar-refractivity contribution in [3.05, 3.63) is 42.0 Å². The van der Waals surface area contributed by atoms with Gasteiger partial charge in [-0.25, -0.2) is 8.42 Å². The summed E-state index contributed by atoms with van der Waals surface area (Å²) < 4.78 is 47.6. The number of hydrogen-bond donors (Lipinski definition) is 1. The van der Waals surface area contributed by atoms with Crippen molar-refractivity contribution in [2.45, 2.75) is 25.8 Å². The molecule has 0 unspecified atom stereocenters. The van der Waals surface area contributed by atoms with Crippen LogP contribution in [-0.2, 0) is 14.8 Å². The van der Waals surface area contributed by atoms with E-state index in [1.807, 2.05) is 25.1 Å². The van der Waals surface area contributed by atoms with Gasteiger partial charge >= 0.3 is 0 Å². The zero-order valence-corrected chi connectivity index (χ0v) is 18.8. The molecule has 0 saturated heterocycles. The number of ether oxygens (including phenoxy) is 4. The summed E-state index contributed by atoms with van der Waals surface area (Å²) >= 11 is 0. The first-order chi connectivity index (χ1) is 15.3.